The summed E-state index contributed by atoms with van der Waals surface area (Å²) in [6.45, 7) is 16.4. The van der Waals surface area contributed by atoms with Crippen molar-refractivity contribution in [3.05, 3.63) is 76.9 Å². The summed E-state index contributed by atoms with van der Waals surface area (Å²) in [5.74, 6) is 1.02. The zero-order chi connectivity index (χ0) is 22.6. The Labute approximate surface area is 190 Å². The molecule has 2 heteroatoms. The van der Waals surface area contributed by atoms with Gasteiger partial charge < -0.3 is 4.74 Å². The molecule has 0 bridgehead atoms. The predicted octanol–water partition coefficient (Wildman–Crippen LogP) is 6.10. The maximum Gasteiger partial charge on any atom is 0.123 e. The molecule has 0 saturated carbocycles. The summed E-state index contributed by atoms with van der Waals surface area (Å²) in [4.78, 5) is 0. The van der Waals surface area contributed by atoms with Gasteiger partial charge >= 0.3 is 0 Å². The smallest absolute Gasteiger partial charge is 0.123 e. The highest BCUT2D eigenvalue weighted by molar-refractivity contribution is 6.85. The molecule has 0 unspecified atom stereocenters. The molecular weight excluding hydrogens is 392 g/mol. The number of methoxy groups -OCH3 is 1. The number of rotatable bonds is 3. The lowest BCUT2D eigenvalue weighted by molar-refractivity contribution is 0.418. The van der Waals surface area contributed by atoms with Crippen molar-refractivity contribution in [1.29, 1.82) is 0 Å². The number of hydrogen-bond acceptors (Lipinski definition) is 1. The average Bonchev–Trinajstić information content (AvgIpc) is 3.09. The van der Waals surface area contributed by atoms with E-state index in [1.165, 1.54) is 38.6 Å². The highest BCUT2D eigenvalue weighted by Crippen LogP contribution is 2.40. The van der Waals surface area contributed by atoms with Crippen LogP contribution in [0.25, 0.3) is 11.1 Å². The molecule has 1 aliphatic rings. The van der Waals surface area contributed by atoms with Gasteiger partial charge in [-0.05, 0) is 67.1 Å². The van der Waals surface area contributed by atoms with Crippen LogP contribution in [0, 0.1) is 0 Å². The average molecular weight is 428 g/mol. The molecule has 1 radical (unpaired) electrons. The van der Waals surface area contributed by atoms with E-state index in [2.05, 4.69) is 103 Å². The third-order valence-corrected chi connectivity index (χ3v) is 9.18. The van der Waals surface area contributed by atoms with Crippen molar-refractivity contribution in [1.82, 2.24) is 0 Å². The molecule has 0 fully saturated rings. The predicted molar refractivity (Wildman–Crippen MR) is 136 cm³/mol. The molecule has 0 heterocycles. The molecule has 0 amide bonds. The van der Waals surface area contributed by atoms with Gasteiger partial charge in [-0.2, -0.15) is 0 Å². The van der Waals surface area contributed by atoms with Crippen LogP contribution in [0.1, 0.15) is 63.8 Å². The van der Waals surface area contributed by atoms with E-state index in [0.29, 0.717) is 0 Å². The van der Waals surface area contributed by atoms with Crippen molar-refractivity contribution in [3.63, 3.8) is 0 Å². The normalized spacial score (nSPS) is 13.3. The standard InChI is InChI=1S/C29H35OSi/c1-28(2,3)20-13-14-21-19(17-20)18-23-22(21)15-16-24(29(4,5)6)27(23)31(8)26-12-10-9-11-25(26)30-7/h9-17H,18H2,1-8H3. The van der Waals surface area contributed by atoms with Crippen molar-refractivity contribution >= 4 is 19.2 Å². The molecule has 4 rings (SSSR count). The van der Waals surface area contributed by atoms with Gasteiger partial charge in [-0.15, -0.1) is 0 Å². The Morgan fingerprint density at radius 1 is 0.806 bits per heavy atom. The summed E-state index contributed by atoms with van der Waals surface area (Å²) < 4.78 is 5.77. The van der Waals surface area contributed by atoms with Crippen molar-refractivity contribution in [3.8, 4) is 16.9 Å². The topological polar surface area (TPSA) is 9.23 Å². The first-order chi connectivity index (χ1) is 14.5. The summed E-state index contributed by atoms with van der Waals surface area (Å²) in [6, 6.07) is 20.5. The maximum atomic E-state index is 5.77. The Hall–Kier alpha value is -2.32. The largest absolute Gasteiger partial charge is 0.497 e. The molecular formula is C29H35OSi. The molecule has 161 valence electrons. The molecule has 1 nitrogen and oxygen atoms in total. The van der Waals surface area contributed by atoms with Gasteiger partial charge in [-0.3, -0.25) is 0 Å². The third-order valence-electron chi connectivity index (χ3n) is 6.64. The minimum atomic E-state index is -1.00. The van der Waals surface area contributed by atoms with E-state index in [1.807, 2.05) is 0 Å². The van der Waals surface area contributed by atoms with E-state index in [-0.39, 0.29) is 10.8 Å². The van der Waals surface area contributed by atoms with E-state index >= 15 is 0 Å². The molecule has 0 saturated heterocycles. The summed E-state index contributed by atoms with van der Waals surface area (Å²) in [6.07, 6.45) is 1.03. The molecule has 0 aromatic heterocycles. The Balaban J connectivity index is 1.92. The Morgan fingerprint density at radius 3 is 2.13 bits per heavy atom. The summed E-state index contributed by atoms with van der Waals surface area (Å²) in [5, 5.41) is 2.94. The van der Waals surface area contributed by atoms with E-state index in [0.717, 1.165) is 12.2 Å². The molecule has 3 aromatic rings. The van der Waals surface area contributed by atoms with Crippen LogP contribution in [-0.2, 0) is 17.3 Å². The van der Waals surface area contributed by atoms with E-state index in [9.17, 15) is 0 Å². The van der Waals surface area contributed by atoms with Crippen LogP contribution in [0.15, 0.2) is 54.6 Å². The number of hydrogen-bond donors (Lipinski definition) is 0. The molecule has 3 aromatic carbocycles. The van der Waals surface area contributed by atoms with Gasteiger partial charge in [-0.25, -0.2) is 0 Å². The van der Waals surface area contributed by atoms with Crippen molar-refractivity contribution in [2.24, 2.45) is 0 Å². The Morgan fingerprint density at radius 2 is 1.48 bits per heavy atom. The fourth-order valence-electron chi connectivity index (χ4n) is 4.89. The number of benzene rings is 3. The van der Waals surface area contributed by atoms with E-state index in [4.69, 9.17) is 4.74 Å². The SMILES string of the molecule is COc1ccccc1[Si](C)c1c(C(C)(C)C)ccc2c1Cc1cc(C(C)(C)C)ccc1-2. The van der Waals surface area contributed by atoms with Gasteiger partial charge in [0.05, 0.1) is 7.11 Å². The number of fused-ring (bicyclic) bond motifs is 3. The highest BCUT2D eigenvalue weighted by Gasteiger charge is 2.32. The second-order valence-electron chi connectivity index (χ2n) is 10.9. The molecule has 0 aliphatic heterocycles. The van der Waals surface area contributed by atoms with Crippen LogP contribution in [0.2, 0.25) is 6.55 Å². The molecule has 0 spiro atoms. The van der Waals surface area contributed by atoms with Gasteiger partial charge in [0.2, 0.25) is 0 Å². The van der Waals surface area contributed by atoms with Crippen LogP contribution >= 0.6 is 0 Å². The first-order valence-electron chi connectivity index (χ1n) is 11.3. The molecule has 31 heavy (non-hydrogen) atoms. The van der Waals surface area contributed by atoms with Crippen LogP contribution in [0.5, 0.6) is 5.75 Å². The van der Waals surface area contributed by atoms with Crippen molar-refractivity contribution < 1.29 is 4.74 Å². The lowest BCUT2D eigenvalue weighted by Crippen LogP contribution is -2.46. The molecule has 1 aliphatic carbocycles. The fraction of sp³-hybridized carbons (Fsp3) is 0.379. The third kappa shape index (κ3) is 3.87. The second-order valence-corrected chi connectivity index (χ2v) is 13.2. The first kappa shape index (κ1) is 21.9. The van der Waals surface area contributed by atoms with Gasteiger partial charge in [0.15, 0.2) is 0 Å². The van der Waals surface area contributed by atoms with Gasteiger partial charge in [0.1, 0.15) is 14.5 Å². The lowest BCUT2D eigenvalue weighted by atomic mass is 9.85. The van der Waals surface area contributed by atoms with Crippen molar-refractivity contribution in [2.75, 3.05) is 7.11 Å². The second kappa shape index (κ2) is 7.67. The van der Waals surface area contributed by atoms with Crippen LogP contribution in [0.4, 0.5) is 0 Å². The van der Waals surface area contributed by atoms with Crippen LogP contribution < -0.4 is 15.1 Å². The first-order valence-corrected chi connectivity index (χ1v) is 13.3. The quantitative estimate of drug-likeness (QED) is 0.359. The zero-order valence-electron chi connectivity index (χ0n) is 20.3. The Bertz CT molecular complexity index is 1130. The monoisotopic (exact) mass is 427 g/mol. The zero-order valence-corrected chi connectivity index (χ0v) is 21.3. The Kier molecular flexibility index (Phi) is 5.42. The van der Waals surface area contributed by atoms with Gasteiger partial charge in [0.25, 0.3) is 0 Å². The lowest BCUT2D eigenvalue weighted by Gasteiger charge is -2.28. The summed E-state index contributed by atoms with van der Waals surface area (Å²) >= 11 is 0. The minimum Gasteiger partial charge on any atom is -0.497 e. The summed E-state index contributed by atoms with van der Waals surface area (Å²) in [7, 11) is 0.787. The summed E-state index contributed by atoms with van der Waals surface area (Å²) in [5.41, 5.74) is 9.03. The van der Waals surface area contributed by atoms with Gasteiger partial charge in [0, 0.05) is 0 Å². The maximum absolute atomic E-state index is 5.77. The van der Waals surface area contributed by atoms with E-state index in [1.54, 1.807) is 12.3 Å². The van der Waals surface area contributed by atoms with Crippen LogP contribution in [-0.4, -0.2) is 15.9 Å². The fourth-order valence-corrected chi connectivity index (χ4v) is 7.59. The molecule has 0 atom stereocenters. The van der Waals surface area contributed by atoms with E-state index < -0.39 is 8.80 Å². The molecule has 0 N–H and O–H groups in total. The van der Waals surface area contributed by atoms with Gasteiger partial charge in [-0.1, -0.05) is 96.6 Å². The number of ether oxygens (including phenoxy) is 1. The number of para-hydroxylation sites is 1. The minimum absolute atomic E-state index is 0.101. The van der Waals surface area contributed by atoms with Crippen molar-refractivity contribution in [2.45, 2.75) is 65.3 Å². The van der Waals surface area contributed by atoms with Crippen LogP contribution in [0.3, 0.4) is 0 Å². The highest BCUT2D eigenvalue weighted by atomic mass is 28.3.